The minimum absolute atomic E-state index is 0.0299. The van der Waals surface area contributed by atoms with E-state index in [1.807, 2.05) is 18.7 Å². The Morgan fingerprint density at radius 3 is 2.89 bits per heavy atom. The van der Waals surface area contributed by atoms with E-state index in [0.29, 0.717) is 23.7 Å². The lowest BCUT2D eigenvalue weighted by Gasteiger charge is -2.27. The molecule has 1 aromatic carbocycles. The van der Waals surface area contributed by atoms with Gasteiger partial charge in [0, 0.05) is 24.8 Å². The van der Waals surface area contributed by atoms with Crippen molar-refractivity contribution in [3.63, 3.8) is 0 Å². The number of hydrogen-bond acceptors (Lipinski definition) is 5. The molecule has 1 N–H and O–H groups in total. The standard InChI is InChI=1S/C19H22N4O4/c1-11-18(12(2)27-21-11)14-5-4-8-23(14)19(25)20-13-6-7-16-15(9-13)22(3)17(24)10-26-16/h6-7,9,14H,4-5,8,10H2,1-3H3,(H,20,25)/t14-/m0/s1. The highest BCUT2D eigenvalue weighted by Crippen LogP contribution is 2.37. The number of amides is 3. The van der Waals surface area contributed by atoms with Gasteiger partial charge in [0.25, 0.3) is 5.91 Å². The van der Waals surface area contributed by atoms with Crippen LogP contribution in [-0.2, 0) is 4.79 Å². The van der Waals surface area contributed by atoms with Crippen molar-refractivity contribution in [3.05, 3.63) is 35.2 Å². The molecule has 4 rings (SSSR count). The van der Waals surface area contributed by atoms with E-state index in [9.17, 15) is 9.59 Å². The first-order valence-electron chi connectivity index (χ1n) is 8.99. The first-order valence-corrected chi connectivity index (χ1v) is 8.99. The highest BCUT2D eigenvalue weighted by molar-refractivity contribution is 5.99. The number of aryl methyl sites for hydroxylation is 2. The quantitative estimate of drug-likeness (QED) is 0.878. The Hall–Kier alpha value is -3.03. The van der Waals surface area contributed by atoms with Crippen molar-refractivity contribution < 1.29 is 18.8 Å². The third-order valence-electron chi connectivity index (χ3n) is 5.23. The second kappa shape index (κ2) is 6.61. The molecule has 8 nitrogen and oxygen atoms in total. The van der Waals surface area contributed by atoms with Crippen LogP contribution < -0.4 is 15.0 Å². The summed E-state index contributed by atoms with van der Waals surface area (Å²) < 4.78 is 10.7. The SMILES string of the molecule is Cc1noc(C)c1[C@@H]1CCCN1C(=O)Nc1ccc2c(c1)N(C)C(=O)CO2. The predicted molar refractivity (Wildman–Crippen MR) is 99.0 cm³/mol. The number of nitrogens with one attached hydrogen (secondary N) is 1. The molecule has 8 heteroatoms. The molecule has 1 fully saturated rings. The summed E-state index contributed by atoms with van der Waals surface area (Å²) in [6.07, 6.45) is 1.81. The molecule has 1 aromatic heterocycles. The molecule has 142 valence electrons. The number of carbonyl (C=O) groups excluding carboxylic acids is 2. The van der Waals surface area contributed by atoms with E-state index >= 15 is 0 Å². The van der Waals surface area contributed by atoms with Crippen LogP contribution in [0.5, 0.6) is 5.75 Å². The number of hydrogen-bond donors (Lipinski definition) is 1. The Bertz CT molecular complexity index is 888. The van der Waals surface area contributed by atoms with Gasteiger partial charge in [-0.1, -0.05) is 5.16 Å². The summed E-state index contributed by atoms with van der Waals surface area (Å²) in [6.45, 7) is 4.48. The molecule has 0 bridgehead atoms. The number of urea groups is 1. The summed E-state index contributed by atoms with van der Waals surface area (Å²) in [5, 5.41) is 6.96. The number of carbonyl (C=O) groups is 2. The average molecular weight is 370 g/mol. The lowest BCUT2D eigenvalue weighted by Crippen LogP contribution is -2.36. The number of rotatable bonds is 2. The molecular formula is C19H22N4O4. The van der Waals surface area contributed by atoms with Crippen LogP contribution in [0.4, 0.5) is 16.2 Å². The molecule has 2 aromatic rings. The highest BCUT2D eigenvalue weighted by atomic mass is 16.5. The monoisotopic (exact) mass is 370 g/mol. The molecule has 2 aliphatic heterocycles. The van der Waals surface area contributed by atoms with E-state index in [2.05, 4.69) is 10.5 Å². The highest BCUT2D eigenvalue weighted by Gasteiger charge is 2.34. The number of nitrogens with zero attached hydrogens (tertiary/aromatic N) is 3. The van der Waals surface area contributed by atoms with Gasteiger partial charge in [0.15, 0.2) is 6.61 Å². The number of fused-ring (bicyclic) bond motifs is 1. The van der Waals surface area contributed by atoms with Crippen LogP contribution in [0.1, 0.15) is 35.9 Å². The lowest BCUT2D eigenvalue weighted by atomic mass is 10.0. The Labute approximate surface area is 157 Å². The number of anilines is 2. The van der Waals surface area contributed by atoms with Crippen LogP contribution in [-0.4, -0.2) is 42.2 Å². The van der Waals surface area contributed by atoms with Gasteiger partial charge in [-0.3, -0.25) is 4.79 Å². The molecule has 1 saturated heterocycles. The number of likely N-dealkylation sites (tertiary alicyclic amines) is 1. The molecule has 1 atom stereocenters. The fraction of sp³-hybridized carbons (Fsp3) is 0.421. The normalized spacial score (nSPS) is 19.1. The fourth-order valence-electron chi connectivity index (χ4n) is 3.82. The maximum Gasteiger partial charge on any atom is 0.322 e. The Balaban J connectivity index is 1.55. The minimum Gasteiger partial charge on any atom is -0.482 e. The summed E-state index contributed by atoms with van der Waals surface area (Å²) in [7, 11) is 1.70. The molecule has 0 radical (unpaired) electrons. The van der Waals surface area contributed by atoms with Gasteiger partial charge < -0.3 is 24.4 Å². The zero-order valence-corrected chi connectivity index (χ0v) is 15.6. The predicted octanol–water partition coefficient (Wildman–Crippen LogP) is 3.02. The first kappa shape index (κ1) is 17.4. The molecule has 3 heterocycles. The summed E-state index contributed by atoms with van der Waals surface area (Å²) in [5.74, 6) is 1.26. The summed E-state index contributed by atoms with van der Waals surface area (Å²) >= 11 is 0. The van der Waals surface area contributed by atoms with E-state index in [0.717, 1.165) is 29.9 Å². The van der Waals surface area contributed by atoms with E-state index in [4.69, 9.17) is 9.26 Å². The van der Waals surface area contributed by atoms with E-state index in [1.54, 1.807) is 25.2 Å². The maximum absolute atomic E-state index is 12.9. The van der Waals surface area contributed by atoms with Crippen LogP contribution in [0.2, 0.25) is 0 Å². The smallest absolute Gasteiger partial charge is 0.322 e. The fourth-order valence-corrected chi connectivity index (χ4v) is 3.82. The van der Waals surface area contributed by atoms with Gasteiger partial charge in [0.2, 0.25) is 0 Å². The lowest BCUT2D eigenvalue weighted by molar-refractivity contribution is -0.120. The zero-order chi connectivity index (χ0) is 19.1. The van der Waals surface area contributed by atoms with Gasteiger partial charge in [-0.05, 0) is 44.9 Å². The van der Waals surface area contributed by atoms with Crippen molar-refractivity contribution >= 4 is 23.3 Å². The van der Waals surface area contributed by atoms with Gasteiger partial charge >= 0.3 is 6.03 Å². The minimum atomic E-state index is -0.178. The largest absolute Gasteiger partial charge is 0.482 e. The van der Waals surface area contributed by atoms with Crippen molar-refractivity contribution in [2.24, 2.45) is 0 Å². The first-order chi connectivity index (χ1) is 13.0. The topological polar surface area (TPSA) is 87.9 Å². The van der Waals surface area contributed by atoms with Crippen LogP contribution in [0, 0.1) is 13.8 Å². The van der Waals surface area contributed by atoms with E-state index in [-0.39, 0.29) is 24.6 Å². The molecule has 2 aliphatic rings. The Morgan fingerprint density at radius 2 is 2.15 bits per heavy atom. The zero-order valence-electron chi connectivity index (χ0n) is 15.6. The Kier molecular flexibility index (Phi) is 4.25. The van der Waals surface area contributed by atoms with Crippen LogP contribution in [0.25, 0.3) is 0 Å². The maximum atomic E-state index is 12.9. The summed E-state index contributed by atoms with van der Waals surface area (Å²) in [5.41, 5.74) is 3.08. The number of aromatic nitrogens is 1. The Morgan fingerprint density at radius 1 is 1.33 bits per heavy atom. The number of benzene rings is 1. The van der Waals surface area contributed by atoms with Crippen molar-refractivity contribution in [2.75, 3.05) is 30.4 Å². The van der Waals surface area contributed by atoms with Crippen molar-refractivity contribution in [1.29, 1.82) is 0 Å². The number of likely N-dealkylation sites (N-methyl/N-ethyl adjacent to an activating group) is 1. The van der Waals surface area contributed by atoms with E-state index in [1.165, 1.54) is 4.90 Å². The second-order valence-corrected chi connectivity index (χ2v) is 6.94. The second-order valence-electron chi connectivity index (χ2n) is 6.94. The van der Waals surface area contributed by atoms with Crippen molar-refractivity contribution in [1.82, 2.24) is 10.1 Å². The van der Waals surface area contributed by atoms with Gasteiger partial charge in [-0.15, -0.1) is 0 Å². The molecule has 0 saturated carbocycles. The van der Waals surface area contributed by atoms with Gasteiger partial charge in [-0.2, -0.15) is 0 Å². The van der Waals surface area contributed by atoms with Crippen molar-refractivity contribution in [3.8, 4) is 5.75 Å². The third-order valence-corrected chi connectivity index (χ3v) is 5.23. The summed E-state index contributed by atoms with van der Waals surface area (Å²) in [4.78, 5) is 28.1. The van der Waals surface area contributed by atoms with Gasteiger partial charge in [-0.25, -0.2) is 4.79 Å². The average Bonchev–Trinajstić information content (AvgIpc) is 3.25. The van der Waals surface area contributed by atoms with Crippen molar-refractivity contribution in [2.45, 2.75) is 32.7 Å². The van der Waals surface area contributed by atoms with Crippen LogP contribution >= 0.6 is 0 Å². The number of ether oxygens (including phenoxy) is 1. The molecular weight excluding hydrogens is 348 g/mol. The molecule has 0 unspecified atom stereocenters. The third kappa shape index (κ3) is 3.01. The molecule has 0 aliphatic carbocycles. The molecule has 27 heavy (non-hydrogen) atoms. The van der Waals surface area contributed by atoms with Crippen LogP contribution in [0.15, 0.2) is 22.7 Å². The molecule has 3 amide bonds. The van der Waals surface area contributed by atoms with Gasteiger partial charge in [0.1, 0.15) is 11.5 Å². The summed E-state index contributed by atoms with van der Waals surface area (Å²) in [6, 6.07) is 5.08. The molecule has 0 spiro atoms. The van der Waals surface area contributed by atoms with Gasteiger partial charge in [0.05, 0.1) is 17.4 Å². The van der Waals surface area contributed by atoms with Crippen LogP contribution in [0.3, 0.4) is 0 Å². The van der Waals surface area contributed by atoms with E-state index < -0.39 is 0 Å².